The Morgan fingerprint density at radius 2 is 1.08 bits per heavy atom. The van der Waals surface area contributed by atoms with Crippen LogP contribution in [0.4, 0.5) is 0 Å². The highest BCUT2D eigenvalue weighted by atomic mass is 28.3. The van der Waals surface area contributed by atoms with Gasteiger partial charge >= 0.3 is 0 Å². The van der Waals surface area contributed by atoms with Gasteiger partial charge < -0.3 is 5.11 Å². The Balaban J connectivity index is 2.34. The molecule has 126 valence electrons. The summed E-state index contributed by atoms with van der Waals surface area (Å²) < 4.78 is 0. The van der Waals surface area contributed by atoms with Gasteiger partial charge in [0, 0.05) is 0 Å². The van der Waals surface area contributed by atoms with Gasteiger partial charge in [0.05, 0.1) is 6.10 Å². The topological polar surface area (TPSA) is 20.2 Å². The quantitative estimate of drug-likeness (QED) is 0.538. The van der Waals surface area contributed by atoms with Crippen molar-refractivity contribution in [3.63, 3.8) is 0 Å². The molecule has 0 aliphatic rings. The summed E-state index contributed by atoms with van der Waals surface area (Å²) in [7, 11) is -2.44. The Kier molecular flexibility index (Phi) is 5.32. The Morgan fingerprint density at radius 1 is 0.760 bits per heavy atom. The van der Waals surface area contributed by atoms with Crippen molar-refractivity contribution in [1.82, 2.24) is 0 Å². The molecule has 3 aromatic rings. The minimum atomic E-state index is -2.44. The van der Waals surface area contributed by atoms with Crippen molar-refractivity contribution < 1.29 is 5.11 Å². The second kappa shape index (κ2) is 7.64. The van der Waals surface area contributed by atoms with Gasteiger partial charge in [-0.05, 0) is 28.9 Å². The lowest BCUT2D eigenvalue weighted by Gasteiger charge is -2.36. The maximum atomic E-state index is 10.1. The smallest absolute Gasteiger partial charge is 0.175 e. The predicted octanol–water partition coefficient (Wildman–Crippen LogP) is 3.02. The second-order valence-electron chi connectivity index (χ2n) is 6.50. The van der Waals surface area contributed by atoms with E-state index in [-0.39, 0.29) is 0 Å². The zero-order chi connectivity index (χ0) is 17.7. The molecule has 1 N–H and O–H groups in total. The fraction of sp³-hybridized carbons (Fsp3) is 0.130. The first-order chi connectivity index (χ1) is 12.2. The van der Waals surface area contributed by atoms with Crippen molar-refractivity contribution in [3.8, 4) is 0 Å². The average Bonchev–Trinajstić information content (AvgIpc) is 2.64. The van der Waals surface area contributed by atoms with Crippen LogP contribution in [0.25, 0.3) is 0 Å². The van der Waals surface area contributed by atoms with E-state index in [0.717, 1.165) is 5.20 Å². The SMILES string of the molecule is C=C(CC(C)O)[Si](c1ccccc1)(c1ccccc1)c1ccccc1. The lowest BCUT2D eigenvalue weighted by molar-refractivity contribution is 0.197. The van der Waals surface area contributed by atoms with E-state index >= 15 is 0 Å². The molecule has 0 fully saturated rings. The van der Waals surface area contributed by atoms with Crippen LogP contribution in [0.1, 0.15) is 13.3 Å². The molecule has 0 saturated heterocycles. The molecule has 1 nitrogen and oxygen atoms in total. The molecule has 3 aromatic carbocycles. The summed E-state index contributed by atoms with van der Waals surface area (Å²) >= 11 is 0. The van der Waals surface area contributed by atoms with Gasteiger partial charge in [0.1, 0.15) is 0 Å². The summed E-state index contributed by atoms with van der Waals surface area (Å²) in [6.45, 7) is 6.34. The maximum Gasteiger partial charge on any atom is 0.175 e. The standard InChI is InChI=1S/C23H24OSi/c1-19(24)18-20(2)25(21-12-6-3-7-13-21,22-14-8-4-9-15-22)23-16-10-5-11-17-23/h3-17,19,24H,2,18H2,1H3. The zero-order valence-corrected chi connectivity index (χ0v) is 15.6. The fourth-order valence-electron chi connectivity index (χ4n) is 3.69. The van der Waals surface area contributed by atoms with E-state index in [2.05, 4.69) is 97.6 Å². The van der Waals surface area contributed by atoms with Gasteiger partial charge in [-0.25, -0.2) is 0 Å². The molecule has 0 radical (unpaired) electrons. The minimum absolute atomic E-state index is 0.407. The van der Waals surface area contributed by atoms with Gasteiger partial charge in [0.2, 0.25) is 0 Å². The molecule has 0 saturated carbocycles. The molecular formula is C23H24OSi. The van der Waals surface area contributed by atoms with Crippen molar-refractivity contribution >= 4 is 23.6 Å². The van der Waals surface area contributed by atoms with Crippen molar-refractivity contribution in [2.75, 3.05) is 0 Å². The van der Waals surface area contributed by atoms with Gasteiger partial charge in [-0.2, -0.15) is 0 Å². The first kappa shape index (κ1) is 17.4. The normalized spacial score (nSPS) is 12.6. The largest absolute Gasteiger partial charge is 0.393 e. The molecule has 1 atom stereocenters. The van der Waals surface area contributed by atoms with Crippen molar-refractivity contribution in [3.05, 3.63) is 103 Å². The van der Waals surface area contributed by atoms with Crippen molar-refractivity contribution in [2.45, 2.75) is 19.4 Å². The van der Waals surface area contributed by atoms with E-state index in [0.29, 0.717) is 6.42 Å². The Morgan fingerprint density at radius 3 is 1.36 bits per heavy atom. The number of aliphatic hydroxyl groups is 1. The lowest BCUT2D eigenvalue weighted by Crippen LogP contribution is -2.68. The lowest BCUT2D eigenvalue weighted by atomic mass is 10.3. The molecule has 0 heterocycles. The molecule has 0 aliphatic heterocycles. The molecule has 3 rings (SSSR count). The summed E-state index contributed by atoms with van der Waals surface area (Å²) in [4.78, 5) is 0. The van der Waals surface area contributed by atoms with E-state index < -0.39 is 14.2 Å². The predicted molar refractivity (Wildman–Crippen MR) is 109 cm³/mol. The number of aliphatic hydroxyl groups excluding tert-OH is 1. The third-order valence-electron chi connectivity index (χ3n) is 4.69. The number of benzene rings is 3. The summed E-state index contributed by atoms with van der Waals surface area (Å²) in [5.41, 5.74) is 0. The first-order valence-electron chi connectivity index (χ1n) is 8.68. The maximum absolute atomic E-state index is 10.1. The van der Waals surface area contributed by atoms with Crippen LogP contribution in [0.15, 0.2) is 103 Å². The molecule has 0 bridgehead atoms. The molecule has 0 aliphatic carbocycles. The molecule has 2 heteroatoms. The molecular weight excluding hydrogens is 320 g/mol. The third kappa shape index (κ3) is 3.36. The molecule has 25 heavy (non-hydrogen) atoms. The monoisotopic (exact) mass is 344 g/mol. The minimum Gasteiger partial charge on any atom is -0.393 e. The van der Waals surface area contributed by atoms with Crippen LogP contribution in [0.5, 0.6) is 0 Å². The van der Waals surface area contributed by atoms with Gasteiger partial charge in [-0.1, -0.05) is 96.2 Å². The molecule has 1 unspecified atom stereocenters. The van der Waals surface area contributed by atoms with Crippen molar-refractivity contribution in [2.24, 2.45) is 0 Å². The van der Waals surface area contributed by atoms with Crippen molar-refractivity contribution in [1.29, 1.82) is 0 Å². The Hall–Kier alpha value is -2.42. The van der Waals surface area contributed by atoms with Crippen LogP contribution in [-0.2, 0) is 0 Å². The van der Waals surface area contributed by atoms with Gasteiger partial charge in [-0.15, -0.1) is 6.58 Å². The third-order valence-corrected chi connectivity index (χ3v) is 9.56. The van der Waals surface area contributed by atoms with Crippen LogP contribution in [0, 0.1) is 0 Å². The zero-order valence-electron chi connectivity index (χ0n) is 14.6. The van der Waals surface area contributed by atoms with Crippen LogP contribution < -0.4 is 15.6 Å². The summed E-state index contributed by atoms with van der Waals surface area (Å²) in [5.74, 6) is 0. The Labute approximate surface area is 151 Å². The van der Waals surface area contributed by atoms with Crippen LogP contribution in [0.2, 0.25) is 0 Å². The summed E-state index contributed by atoms with van der Waals surface area (Å²) in [5, 5.41) is 15.1. The van der Waals surface area contributed by atoms with E-state index in [1.807, 2.05) is 6.92 Å². The Bertz CT molecular complexity index is 714. The van der Waals surface area contributed by atoms with Gasteiger partial charge in [0.25, 0.3) is 0 Å². The molecule has 0 aromatic heterocycles. The van der Waals surface area contributed by atoms with Gasteiger partial charge in [0.15, 0.2) is 8.07 Å². The highest BCUT2D eigenvalue weighted by Gasteiger charge is 2.41. The number of hydrogen-bond acceptors (Lipinski definition) is 1. The molecule has 0 amide bonds. The highest BCUT2D eigenvalue weighted by molar-refractivity contribution is 7.16. The number of rotatable bonds is 6. The number of hydrogen-bond donors (Lipinski definition) is 1. The van der Waals surface area contributed by atoms with Crippen LogP contribution >= 0.6 is 0 Å². The summed E-state index contributed by atoms with van der Waals surface area (Å²) in [6, 6.07) is 32.0. The summed E-state index contributed by atoms with van der Waals surface area (Å²) in [6.07, 6.45) is 0.195. The highest BCUT2D eigenvalue weighted by Crippen LogP contribution is 2.20. The van der Waals surface area contributed by atoms with Crippen LogP contribution in [-0.4, -0.2) is 19.3 Å². The van der Waals surface area contributed by atoms with Gasteiger partial charge in [-0.3, -0.25) is 0 Å². The first-order valence-corrected chi connectivity index (χ1v) is 10.7. The van der Waals surface area contributed by atoms with Crippen LogP contribution in [0.3, 0.4) is 0 Å². The van der Waals surface area contributed by atoms with E-state index in [4.69, 9.17) is 0 Å². The van der Waals surface area contributed by atoms with E-state index in [9.17, 15) is 5.11 Å². The molecule has 0 spiro atoms. The fourth-order valence-corrected chi connectivity index (χ4v) is 8.59. The van der Waals surface area contributed by atoms with E-state index in [1.54, 1.807) is 0 Å². The van der Waals surface area contributed by atoms with E-state index in [1.165, 1.54) is 15.6 Å². The second-order valence-corrected chi connectivity index (χ2v) is 10.4. The average molecular weight is 345 g/mol.